The van der Waals surface area contributed by atoms with Crippen LogP contribution in [0.3, 0.4) is 0 Å². The SMILES string of the molecule is COC(=O)[C@@H](Cc1c[nH]c2ccccc12)NC(=O)CSCc1coc(-c2ccccc2)n1. The van der Waals surface area contributed by atoms with Gasteiger partial charge in [-0.25, -0.2) is 9.78 Å². The number of benzene rings is 2. The first-order valence-corrected chi connectivity index (χ1v) is 11.3. The Kier molecular flexibility index (Phi) is 6.91. The number of thioether (sulfide) groups is 1. The molecule has 2 aromatic carbocycles. The van der Waals surface area contributed by atoms with Gasteiger partial charge in [0.2, 0.25) is 11.8 Å². The average Bonchev–Trinajstić information content (AvgIpc) is 3.46. The van der Waals surface area contributed by atoms with Crippen molar-refractivity contribution in [3.05, 3.63) is 78.3 Å². The van der Waals surface area contributed by atoms with Gasteiger partial charge in [-0.3, -0.25) is 4.79 Å². The molecule has 1 amide bonds. The minimum atomic E-state index is -0.760. The number of amides is 1. The zero-order valence-corrected chi connectivity index (χ0v) is 18.4. The molecule has 0 saturated heterocycles. The van der Waals surface area contributed by atoms with E-state index in [4.69, 9.17) is 9.15 Å². The molecule has 32 heavy (non-hydrogen) atoms. The number of esters is 1. The Morgan fingerprint density at radius 1 is 1.16 bits per heavy atom. The smallest absolute Gasteiger partial charge is 0.328 e. The lowest BCUT2D eigenvalue weighted by molar-refractivity contribution is -0.144. The lowest BCUT2D eigenvalue weighted by Gasteiger charge is -2.16. The van der Waals surface area contributed by atoms with Crippen LogP contribution in [0.4, 0.5) is 0 Å². The highest BCUT2D eigenvalue weighted by molar-refractivity contribution is 7.99. The highest BCUT2D eigenvalue weighted by atomic mass is 32.2. The molecule has 0 aliphatic carbocycles. The van der Waals surface area contributed by atoms with Crippen molar-refractivity contribution in [3.63, 3.8) is 0 Å². The standard InChI is InChI=1S/C24H23N3O4S/c1-30-24(29)21(11-17-12-25-20-10-6-5-9-19(17)20)27-22(28)15-32-14-18-13-31-23(26-18)16-7-3-2-4-8-16/h2-10,12-13,21,25H,11,14-15H2,1H3,(H,27,28)/t21-/m1/s1. The summed E-state index contributed by atoms with van der Waals surface area (Å²) in [7, 11) is 1.32. The highest BCUT2D eigenvalue weighted by Crippen LogP contribution is 2.21. The number of nitrogens with one attached hydrogen (secondary N) is 2. The first-order valence-electron chi connectivity index (χ1n) is 10.1. The maximum Gasteiger partial charge on any atom is 0.328 e. The number of carbonyl (C=O) groups is 2. The van der Waals surface area contributed by atoms with E-state index in [0.717, 1.165) is 27.7 Å². The van der Waals surface area contributed by atoms with E-state index in [1.807, 2.05) is 60.8 Å². The summed E-state index contributed by atoms with van der Waals surface area (Å²) in [5.41, 5.74) is 3.58. The maximum atomic E-state index is 12.5. The van der Waals surface area contributed by atoms with Crippen LogP contribution in [0.15, 0.2) is 71.5 Å². The van der Waals surface area contributed by atoms with Crippen molar-refractivity contribution in [2.75, 3.05) is 12.9 Å². The number of nitrogens with zero attached hydrogens (tertiary/aromatic N) is 1. The van der Waals surface area contributed by atoms with Gasteiger partial charge in [0.1, 0.15) is 12.3 Å². The van der Waals surface area contributed by atoms with E-state index in [1.54, 1.807) is 6.26 Å². The number of oxazole rings is 1. The molecule has 7 nitrogen and oxygen atoms in total. The summed E-state index contributed by atoms with van der Waals surface area (Å²) in [4.78, 5) is 32.4. The van der Waals surface area contributed by atoms with Crippen molar-refractivity contribution in [1.29, 1.82) is 0 Å². The number of ether oxygens (including phenoxy) is 1. The molecule has 8 heteroatoms. The molecule has 0 saturated carbocycles. The number of para-hydroxylation sites is 1. The van der Waals surface area contributed by atoms with Gasteiger partial charge in [0.05, 0.1) is 18.6 Å². The number of hydrogen-bond donors (Lipinski definition) is 2. The summed E-state index contributed by atoms with van der Waals surface area (Å²) < 4.78 is 10.4. The lowest BCUT2D eigenvalue weighted by Crippen LogP contribution is -2.43. The van der Waals surface area contributed by atoms with Crippen LogP contribution in [-0.2, 0) is 26.5 Å². The van der Waals surface area contributed by atoms with E-state index in [1.165, 1.54) is 18.9 Å². The topological polar surface area (TPSA) is 97.2 Å². The molecule has 0 spiro atoms. The monoisotopic (exact) mass is 449 g/mol. The lowest BCUT2D eigenvalue weighted by atomic mass is 10.0. The third-order valence-electron chi connectivity index (χ3n) is 4.98. The highest BCUT2D eigenvalue weighted by Gasteiger charge is 2.23. The Morgan fingerprint density at radius 2 is 1.94 bits per heavy atom. The molecule has 2 N–H and O–H groups in total. The number of carbonyl (C=O) groups excluding carboxylic acids is 2. The van der Waals surface area contributed by atoms with Crippen molar-refractivity contribution in [2.45, 2.75) is 18.2 Å². The van der Waals surface area contributed by atoms with Crippen molar-refractivity contribution >= 4 is 34.5 Å². The average molecular weight is 450 g/mol. The fourth-order valence-electron chi connectivity index (χ4n) is 3.43. The van der Waals surface area contributed by atoms with Gasteiger partial charge in [0, 0.05) is 34.8 Å². The van der Waals surface area contributed by atoms with Crippen LogP contribution in [0.1, 0.15) is 11.3 Å². The third-order valence-corrected chi connectivity index (χ3v) is 5.94. The Morgan fingerprint density at radius 3 is 2.75 bits per heavy atom. The largest absolute Gasteiger partial charge is 0.467 e. The maximum absolute atomic E-state index is 12.5. The normalized spacial score (nSPS) is 11.9. The molecule has 0 bridgehead atoms. The number of aromatic amines is 1. The van der Waals surface area contributed by atoms with Gasteiger partial charge >= 0.3 is 5.97 Å². The molecule has 4 rings (SSSR count). The summed E-state index contributed by atoms with van der Waals surface area (Å²) in [6.07, 6.45) is 3.80. The number of H-pyrrole nitrogens is 1. The van der Waals surface area contributed by atoms with Crippen molar-refractivity contribution in [1.82, 2.24) is 15.3 Å². The molecule has 0 unspecified atom stereocenters. The number of aromatic nitrogens is 2. The molecular weight excluding hydrogens is 426 g/mol. The van der Waals surface area contributed by atoms with E-state index >= 15 is 0 Å². The van der Waals surface area contributed by atoms with Crippen LogP contribution in [0.25, 0.3) is 22.4 Å². The fraction of sp³-hybridized carbons (Fsp3) is 0.208. The molecule has 0 radical (unpaired) electrons. The van der Waals surface area contributed by atoms with Gasteiger partial charge in [-0.2, -0.15) is 0 Å². The van der Waals surface area contributed by atoms with Crippen LogP contribution in [-0.4, -0.2) is 40.7 Å². The summed E-state index contributed by atoms with van der Waals surface area (Å²) in [6.45, 7) is 0. The zero-order chi connectivity index (χ0) is 22.3. The number of hydrogen-bond acceptors (Lipinski definition) is 6. The molecule has 0 fully saturated rings. The Labute approximate surface area is 189 Å². The molecule has 0 aliphatic heterocycles. The van der Waals surface area contributed by atoms with Crippen LogP contribution < -0.4 is 5.32 Å². The second-order valence-electron chi connectivity index (χ2n) is 7.21. The molecule has 0 aliphatic rings. The number of fused-ring (bicyclic) bond motifs is 1. The Balaban J connectivity index is 1.32. The van der Waals surface area contributed by atoms with Gasteiger partial charge in [0.15, 0.2) is 0 Å². The summed E-state index contributed by atoms with van der Waals surface area (Å²) in [5, 5.41) is 3.81. The minimum absolute atomic E-state index is 0.189. The van der Waals surface area contributed by atoms with E-state index in [0.29, 0.717) is 18.1 Å². The van der Waals surface area contributed by atoms with Gasteiger partial charge < -0.3 is 19.5 Å². The second kappa shape index (κ2) is 10.2. The fourth-order valence-corrected chi connectivity index (χ4v) is 4.14. The van der Waals surface area contributed by atoms with Gasteiger partial charge in [-0.15, -0.1) is 11.8 Å². The van der Waals surface area contributed by atoms with E-state index in [-0.39, 0.29) is 11.7 Å². The van der Waals surface area contributed by atoms with Crippen LogP contribution in [0.2, 0.25) is 0 Å². The van der Waals surface area contributed by atoms with Gasteiger partial charge in [-0.1, -0.05) is 36.4 Å². The predicted octanol–water partition coefficient (Wildman–Crippen LogP) is 3.96. The van der Waals surface area contributed by atoms with Crippen LogP contribution in [0.5, 0.6) is 0 Å². The molecule has 4 aromatic rings. The second-order valence-corrected chi connectivity index (χ2v) is 8.20. The predicted molar refractivity (Wildman–Crippen MR) is 124 cm³/mol. The molecule has 1 atom stereocenters. The quantitative estimate of drug-likeness (QED) is 0.376. The molecular formula is C24H23N3O4S. The third kappa shape index (κ3) is 5.20. The summed E-state index contributed by atoms with van der Waals surface area (Å²) in [6, 6.07) is 16.7. The molecule has 164 valence electrons. The summed E-state index contributed by atoms with van der Waals surface area (Å²) in [5.74, 6) is 0.550. The van der Waals surface area contributed by atoms with Gasteiger partial charge in [-0.05, 0) is 23.8 Å². The van der Waals surface area contributed by atoms with Crippen LogP contribution >= 0.6 is 11.8 Å². The minimum Gasteiger partial charge on any atom is -0.467 e. The summed E-state index contributed by atoms with van der Waals surface area (Å²) >= 11 is 1.40. The van der Waals surface area contributed by atoms with Crippen molar-refractivity contribution < 1.29 is 18.7 Å². The number of rotatable bonds is 9. The Bertz CT molecular complexity index is 1200. The van der Waals surface area contributed by atoms with Crippen molar-refractivity contribution in [2.24, 2.45) is 0 Å². The van der Waals surface area contributed by atoms with E-state index in [2.05, 4.69) is 15.3 Å². The molecule has 2 aromatic heterocycles. The number of methoxy groups -OCH3 is 1. The first kappa shape index (κ1) is 21.7. The van der Waals surface area contributed by atoms with E-state index in [9.17, 15) is 9.59 Å². The first-order chi connectivity index (χ1) is 15.6. The van der Waals surface area contributed by atoms with Gasteiger partial charge in [0.25, 0.3) is 0 Å². The molecule has 2 heterocycles. The zero-order valence-electron chi connectivity index (χ0n) is 17.5. The van der Waals surface area contributed by atoms with Crippen molar-refractivity contribution in [3.8, 4) is 11.5 Å². The van der Waals surface area contributed by atoms with E-state index < -0.39 is 12.0 Å². The van der Waals surface area contributed by atoms with Crippen LogP contribution in [0, 0.1) is 0 Å². The Hall–Kier alpha value is -3.52.